The third-order valence-corrected chi connectivity index (χ3v) is 3.47. The number of rotatable bonds is 1. The standard InChI is InChI=1S/C14H16N2O/c1-10-6-7-16(9-10)14(17)13-8-11-4-2-3-5-12(11)15-13/h2-5,8,10,15H,6-7,9H2,1H3. The van der Waals surface area contributed by atoms with Crippen LogP contribution in [0.1, 0.15) is 23.8 Å². The average Bonchev–Trinajstić information content (AvgIpc) is 2.93. The van der Waals surface area contributed by atoms with Crippen LogP contribution >= 0.6 is 0 Å². The summed E-state index contributed by atoms with van der Waals surface area (Å²) < 4.78 is 0. The lowest BCUT2D eigenvalue weighted by Crippen LogP contribution is -2.28. The van der Waals surface area contributed by atoms with E-state index in [9.17, 15) is 4.79 Å². The topological polar surface area (TPSA) is 36.1 Å². The highest BCUT2D eigenvalue weighted by Gasteiger charge is 2.24. The zero-order chi connectivity index (χ0) is 11.8. The summed E-state index contributed by atoms with van der Waals surface area (Å²) in [6, 6.07) is 9.93. The molecule has 1 fully saturated rings. The molecule has 0 aliphatic carbocycles. The fourth-order valence-corrected chi connectivity index (χ4v) is 2.48. The first-order valence-corrected chi connectivity index (χ1v) is 6.11. The highest BCUT2D eigenvalue weighted by molar-refractivity contribution is 5.98. The van der Waals surface area contributed by atoms with Gasteiger partial charge in [0, 0.05) is 24.0 Å². The molecule has 17 heavy (non-hydrogen) atoms. The number of aromatic nitrogens is 1. The monoisotopic (exact) mass is 228 g/mol. The first-order valence-electron chi connectivity index (χ1n) is 6.11. The maximum absolute atomic E-state index is 12.3. The van der Waals surface area contributed by atoms with Crippen LogP contribution in [0.5, 0.6) is 0 Å². The number of carbonyl (C=O) groups excluding carboxylic acids is 1. The van der Waals surface area contributed by atoms with E-state index in [-0.39, 0.29) is 5.91 Å². The molecule has 1 saturated heterocycles. The number of nitrogens with zero attached hydrogens (tertiary/aromatic N) is 1. The van der Waals surface area contributed by atoms with E-state index in [1.807, 2.05) is 35.2 Å². The molecule has 0 radical (unpaired) electrons. The quantitative estimate of drug-likeness (QED) is 0.800. The second kappa shape index (κ2) is 3.91. The molecule has 1 aliphatic heterocycles. The van der Waals surface area contributed by atoms with Gasteiger partial charge in [-0.1, -0.05) is 25.1 Å². The smallest absolute Gasteiger partial charge is 0.270 e. The molecular formula is C14H16N2O. The molecule has 3 nitrogen and oxygen atoms in total. The van der Waals surface area contributed by atoms with Crippen molar-refractivity contribution in [1.82, 2.24) is 9.88 Å². The van der Waals surface area contributed by atoms with Crippen molar-refractivity contribution in [3.8, 4) is 0 Å². The van der Waals surface area contributed by atoms with Crippen molar-refractivity contribution in [2.24, 2.45) is 5.92 Å². The Morgan fingerprint density at radius 3 is 2.94 bits per heavy atom. The maximum atomic E-state index is 12.3. The third-order valence-electron chi connectivity index (χ3n) is 3.47. The fourth-order valence-electron chi connectivity index (χ4n) is 2.48. The van der Waals surface area contributed by atoms with Crippen molar-refractivity contribution >= 4 is 16.8 Å². The Morgan fingerprint density at radius 1 is 1.41 bits per heavy atom. The number of carbonyl (C=O) groups is 1. The summed E-state index contributed by atoms with van der Waals surface area (Å²) in [4.78, 5) is 17.4. The minimum Gasteiger partial charge on any atom is -0.351 e. The largest absolute Gasteiger partial charge is 0.351 e. The van der Waals surface area contributed by atoms with E-state index in [1.165, 1.54) is 0 Å². The van der Waals surface area contributed by atoms with Gasteiger partial charge in [-0.2, -0.15) is 0 Å². The van der Waals surface area contributed by atoms with Gasteiger partial charge in [-0.05, 0) is 24.5 Å². The Labute approximate surface area is 100 Å². The molecule has 1 unspecified atom stereocenters. The normalized spacial score (nSPS) is 20.1. The van der Waals surface area contributed by atoms with Gasteiger partial charge in [0.1, 0.15) is 5.69 Å². The maximum Gasteiger partial charge on any atom is 0.270 e. The van der Waals surface area contributed by atoms with Gasteiger partial charge in [0.15, 0.2) is 0 Å². The summed E-state index contributed by atoms with van der Waals surface area (Å²) >= 11 is 0. The summed E-state index contributed by atoms with van der Waals surface area (Å²) in [6.07, 6.45) is 1.12. The van der Waals surface area contributed by atoms with Crippen molar-refractivity contribution in [2.75, 3.05) is 13.1 Å². The first-order chi connectivity index (χ1) is 8.24. The number of aromatic amines is 1. The SMILES string of the molecule is CC1CCN(C(=O)c2cc3ccccc3[nH]2)C1. The van der Waals surface area contributed by atoms with Crippen molar-refractivity contribution in [3.05, 3.63) is 36.0 Å². The number of hydrogen-bond donors (Lipinski definition) is 1. The molecule has 3 heteroatoms. The minimum atomic E-state index is 0.130. The van der Waals surface area contributed by atoms with Crippen LogP contribution in [0.4, 0.5) is 0 Å². The van der Waals surface area contributed by atoms with Crippen LogP contribution in [0.2, 0.25) is 0 Å². The van der Waals surface area contributed by atoms with E-state index in [2.05, 4.69) is 11.9 Å². The molecule has 1 atom stereocenters. The minimum absolute atomic E-state index is 0.130. The summed E-state index contributed by atoms with van der Waals surface area (Å²) in [5.41, 5.74) is 1.74. The molecule has 2 heterocycles. The molecular weight excluding hydrogens is 212 g/mol. The summed E-state index contributed by atoms with van der Waals surface area (Å²) in [6.45, 7) is 3.96. The van der Waals surface area contributed by atoms with Crippen LogP contribution in [0.25, 0.3) is 10.9 Å². The van der Waals surface area contributed by atoms with Gasteiger partial charge in [0.2, 0.25) is 0 Å². The van der Waals surface area contributed by atoms with Gasteiger partial charge < -0.3 is 9.88 Å². The molecule has 1 amide bonds. The van der Waals surface area contributed by atoms with Gasteiger partial charge in [-0.15, -0.1) is 0 Å². The van der Waals surface area contributed by atoms with Crippen LogP contribution in [-0.2, 0) is 0 Å². The third kappa shape index (κ3) is 1.82. The highest BCUT2D eigenvalue weighted by atomic mass is 16.2. The van der Waals surface area contributed by atoms with Gasteiger partial charge in [-0.25, -0.2) is 0 Å². The van der Waals surface area contributed by atoms with Crippen molar-refractivity contribution in [3.63, 3.8) is 0 Å². The van der Waals surface area contributed by atoms with E-state index in [1.54, 1.807) is 0 Å². The Kier molecular flexibility index (Phi) is 2.39. The van der Waals surface area contributed by atoms with Gasteiger partial charge in [0.25, 0.3) is 5.91 Å². The lowest BCUT2D eigenvalue weighted by atomic mass is 10.2. The first kappa shape index (κ1) is 10.4. The number of benzene rings is 1. The molecule has 88 valence electrons. The van der Waals surface area contributed by atoms with E-state index in [4.69, 9.17) is 0 Å². The van der Waals surface area contributed by atoms with Gasteiger partial charge in [-0.3, -0.25) is 4.79 Å². The molecule has 3 rings (SSSR count). The number of H-pyrrole nitrogens is 1. The number of para-hydroxylation sites is 1. The Hall–Kier alpha value is -1.77. The Bertz CT molecular complexity index is 525. The molecule has 2 aromatic rings. The predicted molar refractivity (Wildman–Crippen MR) is 68.0 cm³/mol. The Balaban J connectivity index is 1.90. The fraction of sp³-hybridized carbons (Fsp3) is 0.357. The summed E-state index contributed by atoms with van der Waals surface area (Å²) in [5, 5.41) is 1.10. The zero-order valence-corrected chi connectivity index (χ0v) is 9.94. The van der Waals surface area contributed by atoms with Crippen molar-refractivity contribution in [1.29, 1.82) is 0 Å². The highest BCUT2D eigenvalue weighted by Crippen LogP contribution is 2.20. The van der Waals surface area contributed by atoms with Gasteiger partial charge in [0.05, 0.1) is 0 Å². The number of fused-ring (bicyclic) bond motifs is 1. The average molecular weight is 228 g/mol. The predicted octanol–water partition coefficient (Wildman–Crippen LogP) is 2.65. The molecule has 0 saturated carbocycles. The number of nitrogens with one attached hydrogen (secondary N) is 1. The summed E-state index contributed by atoms with van der Waals surface area (Å²) in [5.74, 6) is 0.758. The zero-order valence-electron chi connectivity index (χ0n) is 9.94. The van der Waals surface area contributed by atoms with E-state index >= 15 is 0 Å². The molecule has 1 aromatic carbocycles. The van der Waals surface area contributed by atoms with Crippen molar-refractivity contribution in [2.45, 2.75) is 13.3 Å². The van der Waals surface area contributed by atoms with E-state index in [0.29, 0.717) is 11.6 Å². The van der Waals surface area contributed by atoms with E-state index < -0.39 is 0 Å². The lowest BCUT2D eigenvalue weighted by molar-refractivity contribution is 0.0783. The summed E-state index contributed by atoms with van der Waals surface area (Å²) in [7, 11) is 0. The second-order valence-corrected chi connectivity index (χ2v) is 4.92. The van der Waals surface area contributed by atoms with E-state index in [0.717, 1.165) is 30.4 Å². The van der Waals surface area contributed by atoms with Crippen LogP contribution in [0.15, 0.2) is 30.3 Å². The second-order valence-electron chi connectivity index (χ2n) is 4.92. The van der Waals surface area contributed by atoms with Crippen LogP contribution < -0.4 is 0 Å². The van der Waals surface area contributed by atoms with Crippen LogP contribution in [0.3, 0.4) is 0 Å². The van der Waals surface area contributed by atoms with Crippen LogP contribution in [-0.4, -0.2) is 28.9 Å². The molecule has 0 spiro atoms. The number of likely N-dealkylation sites (tertiary alicyclic amines) is 1. The number of hydrogen-bond acceptors (Lipinski definition) is 1. The lowest BCUT2D eigenvalue weighted by Gasteiger charge is -2.14. The van der Waals surface area contributed by atoms with Gasteiger partial charge >= 0.3 is 0 Å². The Morgan fingerprint density at radius 2 is 2.24 bits per heavy atom. The molecule has 1 aromatic heterocycles. The number of amides is 1. The van der Waals surface area contributed by atoms with Crippen molar-refractivity contribution < 1.29 is 4.79 Å². The molecule has 1 N–H and O–H groups in total. The molecule has 1 aliphatic rings. The molecule has 0 bridgehead atoms. The van der Waals surface area contributed by atoms with Crippen LogP contribution in [0, 0.1) is 5.92 Å².